The van der Waals surface area contributed by atoms with Gasteiger partial charge < -0.3 is 20.3 Å². The van der Waals surface area contributed by atoms with Gasteiger partial charge in [0.05, 0.1) is 25.4 Å². The molecule has 0 saturated carbocycles. The molecule has 3 N–H and O–H groups in total. The second kappa shape index (κ2) is 57.4. The molecule has 0 bridgehead atoms. The van der Waals surface area contributed by atoms with Crippen LogP contribution in [0.25, 0.3) is 0 Å². The normalized spacial score (nSPS) is 12.5. The van der Waals surface area contributed by atoms with Crippen molar-refractivity contribution >= 4 is 11.9 Å². The Labute approximate surface area is 419 Å². The second-order valence-electron chi connectivity index (χ2n) is 21.4. The van der Waals surface area contributed by atoms with Crippen molar-refractivity contribution in [1.29, 1.82) is 0 Å². The first-order valence-corrected chi connectivity index (χ1v) is 30.8. The molecule has 0 aromatic heterocycles. The minimum atomic E-state index is -0.660. The lowest BCUT2D eigenvalue weighted by Crippen LogP contribution is -2.45. The van der Waals surface area contributed by atoms with Gasteiger partial charge in [-0.25, -0.2) is 0 Å². The minimum absolute atomic E-state index is 0.0187. The molecule has 0 aliphatic heterocycles. The second-order valence-corrected chi connectivity index (χ2v) is 21.4. The van der Waals surface area contributed by atoms with Gasteiger partial charge in [0.1, 0.15) is 0 Å². The van der Waals surface area contributed by atoms with Crippen LogP contribution in [-0.2, 0) is 14.3 Å². The molecule has 2 atom stereocenters. The molecule has 2 unspecified atom stereocenters. The number of aliphatic hydroxyl groups is 2. The van der Waals surface area contributed by atoms with E-state index in [0.717, 1.165) is 38.5 Å². The summed E-state index contributed by atoms with van der Waals surface area (Å²) >= 11 is 0. The summed E-state index contributed by atoms with van der Waals surface area (Å²) in [7, 11) is 0. The van der Waals surface area contributed by atoms with E-state index in [-0.39, 0.29) is 18.5 Å². The quantitative estimate of drug-likeness (QED) is 0.0417. The standard InChI is InChI=1S/C61H121NO5/c1-3-5-7-9-11-13-15-30-35-39-43-47-51-55-61(66)67-56-52-48-44-40-36-32-29-27-25-23-21-19-17-18-20-22-24-26-28-31-34-38-42-46-50-54-60(65)62-58(57-63)59(64)53-49-45-41-37-33-16-14-12-10-8-6-4-2/h58-59,63-64H,3-57H2,1-2H3,(H,62,65). The Bertz CT molecular complexity index is 959. The summed E-state index contributed by atoms with van der Waals surface area (Å²) in [4.78, 5) is 24.5. The number of nitrogens with one attached hydrogen (secondary N) is 1. The number of aliphatic hydroxyl groups excluding tert-OH is 2. The van der Waals surface area contributed by atoms with Gasteiger partial charge in [0.2, 0.25) is 5.91 Å². The van der Waals surface area contributed by atoms with Crippen molar-refractivity contribution < 1.29 is 24.5 Å². The van der Waals surface area contributed by atoms with Crippen molar-refractivity contribution in [2.75, 3.05) is 13.2 Å². The molecule has 67 heavy (non-hydrogen) atoms. The van der Waals surface area contributed by atoms with Gasteiger partial charge in [-0.1, -0.05) is 316 Å². The highest BCUT2D eigenvalue weighted by Gasteiger charge is 2.20. The molecule has 0 aliphatic rings. The first-order chi connectivity index (χ1) is 33.0. The average Bonchev–Trinajstić information content (AvgIpc) is 3.33. The van der Waals surface area contributed by atoms with Gasteiger partial charge in [-0.05, 0) is 25.7 Å². The average molecular weight is 949 g/mol. The zero-order chi connectivity index (χ0) is 48.6. The van der Waals surface area contributed by atoms with E-state index in [4.69, 9.17) is 4.74 Å². The van der Waals surface area contributed by atoms with Crippen LogP contribution in [0, 0.1) is 0 Å². The molecule has 0 spiro atoms. The van der Waals surface area contributed by atoms with Crippen LogP contribution in [0.2, 0.25) is 0 Å². The van der Waals surface area contributed by atoms with Gasteiger partial charge >= 0.3 is 5.97 Å². The first kappa shape index (κ1) is 65.9. The van der Waals surface area contributed by atoms with Gasteiger partial charge in [0.25, 0.3) is 0 Å². The first-order valence-electron chi connectivity index (χ1n) is 30.8. The van der Waals surface area contributed by atoms with E-state index in [1.807, 2.05) is 0 Å². The van der Waals surface area contributed by atoms with Gasteiger partial charge in [0.15, 0.2) is 0 Å². The predicted octanol–water partition coefficient (Wildman–Crippen LogP) is 19.1. The maximum absolute atomic E-state index is 12.5. The SMILES string of the molecule is CCCCCCCCCCCCCCCC(=O)OCCCCCCCCCCCCCCCCCCCCCCCCCCCC(=O)NC(CO)C(O)CCCCCCCCCCCCCC. The number of amides is 1. The van der Waals surface area contributed by atoms with E-state index >= 15 is 0 Å². The fraction of sp³-hybridized carbons (Fsp3) is 0.967. The van der Waals surface area contributed by atoms with Crippen LogP contribution >= 0.6 is 0 Å². The van der Waals surface area contributed by atoms with Crippen LogP contribution in [0.4, 0.5) is 0 Å². The third-order valence-corrected chi connectivity index (χ3v) is 14.7. The van der Waals surface area contributed by atoms with E-state index in [1.165, 1.54) is 283 Å². The van der Waals surface area contributed by atoms with Crippen molar-refractivity contribution in [3.8, 4) is 0 Å². The number of carbonyl (C=O) groups excluding carboxylic acids is 2. The summed E-state index contributed by atoms with van der Waals surface area (Å²) in [5, 5.41) is 23.2. The number of hydrogen-bond donors (Lipinski definition) is 3. The van der Waals surface area contributed by atoms with Gasteiger partial charge in [0, 0.05) is 12.8 Å². The van der Waals surface area contributed by atoms with E-state index in [0.29, 0.717) is 25.9 Å². The topological polar surface area (TPSA) is 95.9 Å². The molecular formula is C61H121NO5. The van der Waals surface area contributed by atoms with Crippen LogP contribution < -0.4 is 5.32 Å². The van der Waals surface area contributed by atoms with Crippen LogP contribution in [0.15, 0.2) is 0 Å². The van der Waals surface area contributed by atoms with Crippen molar-refractivity contribution in [2.24, 2.45) is 0 Å². The fourth-order valence-electron chi connectivity index (χ4n) is 9.94. The molecular weight excluding hydrogens is 827 g/mol. The molecule has 0 rings (SSSR count). The Hall–Kier alpha value is -1.14. The fourth-order valence-corrected chi connectivity index (χ4v) is 9.94. The molecule has 1 amide bonds. The molecule has 6 heteroatoms. The molecule has 0 aromatic rings. The largest absolute Gasteiger partial charge is 0.466 e. The summed E-state index contributed by atoms with van der Waals surface area (Å²) in [5.41, 5.74) is 0. The highest BCUT2D eigenvalue weighted by Crippen LogP contribution is 2.18. The van der Waals surface area contributed by atoms with Crippen molar-refractivity contribution in [3.63, 3.8) is 0 Å². The lowest BCUT2D eigenvalue weighted by molar-refractivity contribution is -0.143. The molecule has 0 aromatic carbocycles. The summed E-state index contributed by atoms with van der Waals surface area (Å²) in [5.74, 6) is -0.0129. The molecule has 0 radical (unpaired) electrons. The van der Waals surface area contributed by atoms with Crippen LogP contribution in [0.1, 0.15) is 354 Å². The maximum atomic E-state index is 12.5. The minimum Gasteiger partial charge on any atom is -0.466 e. The number of carbonyl (C=O) groups is 2. The van der Waals surface area contributed by atoms with Gasteiger partial charge in [-0.2, -0.15) is 0 Å². The number of ether oxygens (including phenoxy) is 1. The molecule has 400 valence electrons. The molecule has 0 saturated heterocycles. The number of rotatable bonds is 58. The van der Waals surface area contributed by atoms with Crippen LogP contribution in [0.3, 0.4) is 0 Å². The lowest BCUT2D eigenvalue weighted by atomic mass is 10.0. The van der Waals surface area contributed by atoms with Crippen LogP contribution in [-0.4, -0.2) is 47.4 Å². The third kappa shape index (κ3) is 54.0. The molecule has 6 nitrogen and oxygen atoms in total. The van der Waals surface area contributed by atoms with Gasteiger partial charge in [-0.15, -0.1) is 0 Å². The Morgan fingerprint density at radius 1 is 0.358 bits per heavy atom. The zero-order valence-corrected chi connectivity index (χ0v) is 45.7. The van der Waals surface area contributed by atoms with Crippen molar-refractivity contribution in [3.05, 3.63) is 0 Å². The summed E-state index contributed by atoms with van der Waals surface area (Å²) in [6.45, 7) is 4.98. The van der Waals surface area contributed by atoms with Gasteiger partial charge in [-0.3, -0.25) is 9.59 Å². The maximum Gasteiger partial charge on any atom is 0.305 e. The monoisotopic (exact) mass is 948 g/mol. The summed E-state index contributed by atoms with van der Waals surface area (Å²) in [6.07, 6.45) is 66.9. The van der Waals surface area contributed by atoms with Crippen molar-refractivity contribution in [1.82, 2.24) is 5.32 Å². The lowest BCUT2D eigenvalue weighted by Gasteiger charge is -2.22. The number of hydrogen-bond acceptors (Lipinski definition) is 5. The number of unbranched alkanes of at least 4 members (excludes halogenated alkanes) is 47. The molecule has 0 heterocycles. The highest BCUT2D eigenvalue weighted by molar-refractivity contribution is 5.76. The highest BCUT2D eigenvalue weighted by atomic mass is 16.5. The third-order valence-electron chi connectivity index (χ3n) is 14.7. The molecule has 0 fully saturated rings. The summed E-state index contributed by atoms with van der Waals surface area (Å²) < 4.78 is 5.48. The Balaban J connectivity index is 3.33. The zero-order valence-electron chi connectivity index (χ0n) is 45.7. The Morgan fingerprint density at radius 2 is 0.612 bits per heavy atom. The smallest absolute Gasteiger partial charge is 0.305 e. The Morgan fingerprint density at radius 3 is 0.910 bits per heavy atom. The van der Waals surface area contributed by atoms with E-state index in [2.05, 4.69) is 19.2 Å². The predicted molar refractivity (Wildman–Crippen MR) is 292 cm³/mol. The van der Waals surface area contributed by atoms with E-state index in [9.17, 15) is 19.8 Å². The molecule has 0 aliphatic carbocycles. The Kier molecular flexibility index (Phi) is 56.5. The number of esters is 1. The van der Waals surface area contributed by atoms with E-state index < -0.39 is 12.1 Å². The van der Waals surface area contributed by atoms with E-state index in [1.54, 1.807) is 0 Å². The van der Waals surface area contributed by atoms with Crippen LogP contribution in [0.5, 0.6) is 0 Å². The summed E-state index contributed by atoms with van der Waals surface area (Å²) in [6, 6.07) is -0.537. The van der Waals surface area contributed by atoms with Crippen molar-refractivity contribution in [2.45, 2.75) is 366 Å².